The number of hydrogen-bond donors (Lipinski definition) is 2. The number of carbonyl (C=O) groups excluding carboxylic acids is 1. The molecule has 1 atom stereocenters. The average molecular weight is 300 g/mol. The van der Waals surface area contributed by atoms with Gasteiger partial charge >= 0.3 is 0 Å². The quantitative estimate of drug-likeness (QED) is 0.860. The maximum Gasteiger partial charge on any atom is 0.251 e. The van der Waals surface area contributed by atoms with E-state index in [1.54, 1.807) is 23.0 Å². The van der Waals surface area contributed by atoms with Crippen molar-refractivity contribution in [3.63, 3.8) is 0 Å². The maximum absolute atomic E-state index is 12.4. The van der Waals surface area contributed by atoms with E-state index in [-0.39, 0.29) is 11.4 Å². The van der Waals surface area contributed by atoms with Crippen LogP contribution in [0.1, 0.15) is 37.6 Å². The highest BCUT2D eigenvalue weighted by Gasteiger charge is 2.26. The second kappa shape index (κ2) is 6.75. The van der Waals surface area contributed by atoms with Gasteiger partial charge in [0.15, 0.2) is 0 Å². The SMILES string of the molecule is CC(C)CC(C)(CN)NC(=O)c1ccc(-n2cccn2)cc1. The molecule has 0 bridgehead atoms. The van der Waals surface area contributed by atoms with Crippen LogP contribution in [0.2, 0.25) is 0 Å². The number of carbonyl (C=O) groups is 1. The minimum atomic E-state index is -0.383. The van der Waals surface area contributed by atoms with Crippen LogP contribution in [0.25, 0.3) is 5.69 Å². The van der Waals surface area contributed by atoms with Gasteiger partial charge in [-0.25, -0.2) is 4.68 Å². The summed E-state index contributed by atoms with van der Waals surface area (Å²) < 4.78 is 1.75. The van der Waals surface area contributed by atoms with E-state index in [0.717, 1.165) is 12.1 Å². The van der Waals surface area contributed by atoms with E-state index in [9.17, 15) is 4.79 Å². The van der Waals surface area contributed by atoms with E-state index in [1.165, 1.54) is 0 Å². The van der Waals surface area contributed by atoms with Crippen LogP contribution < -0.4 is 11.1 Å². The molecule has 0 saturated heterocycles. The molecule has 0 aliphatic heterocycles. The van der Waals surface area contributed by atoms with Gasteiger partial charge in [0, 0.05) is 30.0 Å². The van der Waals surface area contributed by atoms with Crippen molar-refractivity contribution >= 4 is 5.91 Å². The molecular formula is C17H24N4O. The summed E-state index contributed by atoms with van der Waals surface area (Å²) in [5.74, 6) is 0.372. The molecule has 5 nitrogen and oxygen atoms in total. The van der Waals surface area contributed by atoms with E-state index in [0.29, 0.717) is 18.0 Å². The number of aromatic nitrogens is 2. The zero-order valence-corrected chi connectivity index (χ0v) is 13.4. The Morgan fingerprint density at radius 2 is 2.05 bits per heavy atom. The molecule has 1 aromatic carbocycles. The van der Waals surface area contributed by atoms with Gasteiger partial charge in [-0.3, -0.25) is 4.79 Å². The Morgan fingerprint density at radius 1 is 1.36 bits per heavy atom. The van der Waals surface area contributed by atoms with Crippen LogP contribution in [0.3, 0.4) is 0 Å². The normalized spacial score (nSPS) is 13.9. The van der Waals surface area contributed by atoms with Crippen LogP contribution >= 0.6 is 0 Å². The zero-order chi connectivity index (χ0) is 16.2. The van der Waals surface area contributed by atoms with Crippen LogP contribution in [0, 0.1) is 5.92 Å². The lowest BCUT2D eigenvalue weighted by atomic mass is 9.90. The van der Waals surface area contributed by atoms with Gasteiger partial charge < -0.3 is 11.1 Å². The lowest BCUT2D eigenvalue weighted by molar-refractivity contribution is 0.0898. The van der Waals surface area contributed by atoms with Crippen molar-refractivity contribution in [1.82, 2.24) is 15.1 Å². The number of rotatable bonds is 6. The summed E-state index contributed by atoms with van der Waals surface area (Å²) in [4.78, 5) is 12.4. The summed E-state index contributed by atoms with van der Waals surface area (Å²) in [5.41, 5.74) is 7.01. The van der Waals surface area contributed by atoms with Crippen molar-refractivity contribution in [3.8, 4) is 5.69 Å². The van der Waals surface area contributed by atoms with Gasteiger partial charge in [0.1, 0.15) is 0 Å². The predicted molar refractivity (Wildman–Crippen MR) is 87.9 cm³/mol. The fourth-order valence-corrected chi connectivity index (χ4v) is 2.62. The molecular weight excluding hydrogens is 276 g/mol. The molecule has 22 heavy (non-hydrogen) atoms. The smallest absolute Gasteiger partial charge is 0.251 e. The summed E-state index contributed by atoms with van der Waals surface area (Å²) >= 11 is 0. The highest BCUT2D eigenvalue weighted by atomic mass is 16.1. The van der Waals surface area contributed by atoms with Gasteiger partial charge in [0.2, 0.25) is 0 Å². The number of benzene rings is 1. The van der Waals surface area contributed by atoms with Crippen molar-refractivity contribution < 1.29 is 4.79 Å². The van der Waals surface area contributed by atoms with E-state index >= 15 is 0 Å². The third-order valence-corrected chi connectivity index (χ3v) is 3.62. The summed E-state index contributed by atoms with van der Waals surface area (Å²) in [5, 5.41) is 7.22. The first-order valence-corrected chi connectivity index (χ1v) is 7.56. The standard InChI is InChI=1S/C17H24N4O/c1-13(2)11-17(3,12-18)20-16(22)14-5-7-15(8-6-14)21-10-4-9-19-21/h4-10,13H,11-12,18H2,1-3H3,(H,20,22). The molecule has 0 saturated carbocycles. The summed E-state index contributed by atoms with van der Waals surface area (Å²) in [7, 11) is 0. The second-order valence-corrected chi connectivity index (χ2v) is 6.31. The molecule has 3 N–H and O–H groups in total. The molecule has 0 radical (unpaired) electrons. The average Bonchev–Trinajstić information content (AvgIpc) is 3.00. The lowest BCUT2D eigenvalue weighted by Crippen LogP contribution is -2.52. The molecule has 0 aliphatic rings. The Balaban J connectivity index is 2.09. The first kappa shape index (κ1) is 16.2. The van der Waals surface area contributed by atoms with Gasteiger partial charge in [-0.2, -0.15) is 5.10 Å². The molecule has 2 rings (SSSR count). The number of nitrogens with two attached hydrogens (primary N) is 1. The van der Waals surface area contributed by atoms with Gasteiger partial charge in [0.25, 0.3) is 5.91 Å². The van der Waals surface area contributed by atoms with E-state index in [1.807, 2.05) is 31.3 Å². The second-order valence-electron chi connectivity index (χ2n) is 6.31. The van der Waals surface area contributed by atoms with Gasteiger partial charge in [-0.1, -0.05) is 13.8 Å². The minimum Gasteiger partial charge on any atom is -0.346 e. The highest BCUT2D eigenvalue weighted by molar-refractivity contribution is 5.94. The topological polar surface area (TPSA) is 72.9 Å². The minimum absolute atomic E-state index is 0.0967. The fourth-order valence-electron chi connectivity index (χ4n) is 2.62. The molecule has 1 aromatic heterocycles. The van der Waals surface area contributed by atoms with Gasteiger partial charge in [0.05, 0.1) is 5.69 Å². The van der Waals surface area contributed by atoms with Crippen LogP contribution in [-0.4, -0.2) is 27.8 Å². The number of nitrogens with one attached hydrogen (secondary N) is 1. The predicted octanol–water partition coefficient (Wildman–Crippen LogP) is 2.37. The van der Waals surface area contributed by atoms with Crippen molar-refractivity contribution in [3.05, 3.63) is 48.3 Å². The van der Waals surface area contributed by atoms with Gasteiger partial charge in [-0.15, -0.1) is 0 Å². The monoisotopic (exact) mass is 300 g/mol. The van der Waals surface area contributed by atoms with Crippen molar-refractivity contribution in [2.24, 2.45) is 11.7 Å². The molecule has 0 aliphatic carbocycles. The van der Waals surface area contributed by atoms with E-state index in [2.05, 4.69) is 24.3 Å². The Labute approximate surface area is 131 Å². The summed E-state index contributed by atoms with van der Waals surface area (Å²) in [6, 6.07) is 9.23. The van der Waals surface area contributed by atoms with Crippen LogP contribution in [0.4, 0.5) is 0 Å². The molecule has 2 aromatic rings. The Morgan fingerprint density at radius 3 is 2.55 bits per heavy atom. The molecule has 1 unspecified atom stereocenters. The van der Waals surface area contributed by atoms with Crippen LogP contribution in [-0.2, 0) is 0 Å². The van der Waals surface area contributed by atoms with E-state index < -0.39 is 0 Å². The fraction of sp³-hybridized carbons (Fsp3) is 0.412. The van der Waals surface area contributed by atoms with Crippen molar-refractivity contribution in [1.29, 1.82) is 0 Å². The Hall–Kier alpha value is -2.14. The summed E-state index contributed by atoms with van der Waals surface area (Å²) in [6.45, 7) is 6.66. The zero-order valence-electron chi connectivity index (χ0n) is 13.4. The number of amides is 1. The maximum atomic E-state index is 12.4. The van der Waals surface area contributed by atoms with E-state index in [4.69, 9.17) is 5.73 Å². The third-order valence-electron chi connectivity index (χ3n) is 3.62. The molecule has 118 valence electrons. The van der Waals surface area contributed by atoms with Gasteiger partial charge in [-0.05, 0) is 49.6 Å². The molecule has 1 heterocycles. The molecule has 1 amide bonds. The Bertz CT molecular complexity index is 604. The largest absolute Gasteiger partial charge is 0.346 e. The highest BCUT2D eigenvalue weighted by Crippen LogP contribution is 2.16. The molecule has 0 fully saturated rings. The Kier molecular flexibility index (Phi) is 4.98. The molecule has 0 spiro atoms. The van der Waals surface area contributed by atoms with Crippen LogP contribution in [0.15, 0.2) is 42.7 Å². The third kappa shape index (κ3) is 3.95. The number of nitrogens with zero attached hydrogens (tertiary/aromatic N) is 2. The van der Waals surface area contributed by atoms with Crippen molar-refractivity contribution in [2.45, 2.75) is 32.7 Å². The van der Waals surface area contributed by atoms with Crippen LogP contribution in [0.5, 0.6) is 0 Å². The molecule has 5 heteroatoms. The first-order chi connectivity index (χ1) is 10.4. The summed E-state index contributed by atoms with van der Waals surface area (Å²) in [6.07, 6.45) is 4.43. The first-order valence-electron chi connectivity index (χ1n) is 7.56. The number of hydrogen-bond acceptors (Lipinski definition) is 3. The lowest BCUT2D eigenvalue weighted by Gasteiger charge is -2.31. The van der Waals surface area contributed by atoms with Crippen molar-refractivity contribution in [2.75, 3.05) is 6.54 Å².